The number of aliphatic hydroxyl groups excluding tert-OH is 2. The first-order chi connectivity index (χ1) is 9.32. The van der Waals surface area contributed by atoms with Gasteiger partial charge in [0.25, 0.3) is 0 Å². The Balaban J connectivity index is 2.03. The summed E-state index contributed by atoms with van der Waals surface area (Å²) in [6.45, 7) is 4.49. The van der Waals surface area contributed by atoms with Gasteiger partial charge in [-0.3, -0.25) is 4.79 Å². The largest absolute Gasteiger partial charge is 0.481 e. The lowest BCUT2D eigenvalue weighted by molar-refractivity contribution is -0.150. The Kier molecular flexibility index (Phi) is 4.75. The molecule has 4 heteroatoms. The summed E-state index contributed by atoms with van der Waals surface area (Å²) in [5.41, 5.74) is 0.0913. The van der Waals surface area contributed by atoms with Crippen molar-refractivity contribution in [2.45, 2.75) is 71.0 Å². The van der Waals surface area contributed by atoms with Crippen LogP contribution in [-0.4, -0.2) is 33.5 Å². The van der Waals surface area contributed by atoms with Crippen LogP contribution in [0.2, 0.25) is 0 Å². The van der Waals surface area contributed by atoms with Crippen molar-refractivity contribution in [3.63, 3.8) is 0 Å². The first-order valence-corrected chi connectivity index (χ1v) is 7.91. The summed E-state index contributed by atoms with van der Waals surface area (Å²) in [6.07, 6.45) is 5.06. The average Bonchev–Trinajstić information content (AvgIpc) is 2.39. The molecule has 116 valence electrons. The van der Waals surface area contributed by atoms with Crippen molar-refractivity contribution in [1.82, 2.24) is 0 Å². The fourth-order valence-electron chi connectivity index (χ4n) is 4.25. The van der Waals surface area contributed by atoms with Crippen molar-refractivity contribution in [3.05, 3.63) is 0 Å². The van der Waals surface area contributed by atoms with E-state index in [2.05, 4.69) is 13.8 Å². The lowest BCUT2D eigenvalue weighted by Crippen LogP contribution is -2.43. The first-order valence-electron chi connectivity index (χ1n) is 7.91. The van der Waals surface area contributed by atoms with Crippen molar-refractivity contribution >= 4 is 5.97 Å². The highest BCUT2D eigenvalue weighted by atomic mass is 16.4. The average molecular weight is 284 g/mol. The Morgan fingerprint density at radius 2 is 1.50 bits per heavy atom. The molecule has 2 fully saturated rings. The molecule has 2 saturated carbocycles. The molecular formula is C16H28O4. The Labute approximate surface area is 121 Å². The van der Waals surface area contributed by atoms with Crippen LogP contribution in [0.1, 0.15) is 58.8 Å². The minimum absolute atomic E-state index is 0.0913. The summed E-state index contributed by atoms with van der Waals surface area (Å²) < 4.78 is 0. The molecule has 2 rings (SSSR count). The molecular weight excluding hydrogens is 256 g/mol. The summed E-state index contributed by atoms with van der Waals surface area (Å²) >= 11 is 0. The van der Waals surface area contributed by atoms with E-state index in [0.29, 0.717) is 24.7 Å². The predicted molar refractivity (Wildman–Crippen MR) is 76.2 cm³/mol. The number of aliphatic carboxylic acids is 1. The van der Waals surface area contributed by atoms with Gasteiger partial charge in [0.2, 0.25) is 0 Å². The highest BCUT2D eigenvalue weighted by molar-refractivity contribution is 5.70. The molecule has 3 atom stereocenters. The van der Waals surface area contributed by atoms with Gasteiger partial charge in [-0.15, -0.1) is 0 Å². The molecule has 3 unspecified atom stereocenters. The van der Waals surface area contributed by atoms with E-state index in [-0.39, 0.29) is 11.5 Å². The van der Waals surface area contributed by atoms with Crippen molar-refractivity contribution < 1.29 is 20.1 Å². The fraction of sp³-hybridized carbons (Fsp3) is 0.938. The maximum atomic E-state index is 11.3. The molecule has 3 N–H and O–H groups in total. The van der Waals surface area contributed by atoms with Crippen molar-refractivity contribution in [2.24, 2.45) is 23.2 Å². The maximum Gasteiger partial charge on any atom is 0.309 e. The Morgan fingerprint density at radius 1 is 0.950 bits per heavy atom. The van der Waals surface area contributed by atoms with Gasteiger partial charge in [-0.05, 0) is 62.2 Å². The van der Waals surface area contributed by atoms with E-state index in [4.69, 9.17) is 0 Å². The molecule has 2 aliphatic carbocycles. The third kappa shape index (κ3) is 3.17. The normalized spacial score (nSPS) is 39.5. The van der Waals surface area contributed by atoms with E-state index in [0.717, 1.165) is 32.1 Å². The molecule has 0 aromatic heterocycles. The summed E-state index contributed by atoms with van der Waals surface area (Å²) in [5, 5.41) is 28.7. The molecule has 0 aromatic carbocycles. The van der Waals surface area contributed by atoms with Crippen LogP contribution in [0.25, 0.3) is 0 Å². The minimum Gasteiger partial charge on any atom is -0.481 e. The van der Waals surface area contributed by atoms with Gasteiger partial charge >= 0.3 is 5.97 Å². The summed E-state index contributed by atoms with van der Waals surface area (Å²) in [5.74, 6) is -0.563. The number of rotatable bonds is 3. The zero-order valence-electron chi connectivity index (χ0n) is 12.6. The molecule has 0 spiro atoms. The van der Waals surface area contributed by atoms with Gasteiger partial charge in [0, 0.05) is 0 Å². The zero-order chi connectivity index (χ0) is 14.9. The topological polar surface area (TPSA) is 77.8 Å². The molecule has 0 amide bonds. The smallest absolute Gasteiger partial charge is 0.309 e. The zero-order valence-corrected chi connectivity index (χ0v) is 12.6. The lowest BCUT2D eigenvalue weighted by atomic mass is 9.59. The van der Waals surface area contributed by atoms with Gasteiger partial charge in [-0.2, -0.15) is 0 Å². The van der Waals surface area contributed by atoms with E-state index in [1.54, 1.807) is 0 Å². The lowest BCUT2D eigenvalue weighted by Gasteiger charge is -2.47. The number of carboxylic acid groups (broad SMARTS) is 1. The second kappa shape index (κ2) is 6.02. The van der Waals surface area contributed by atoms with E-state index in [1.807, 2.05) is 0 Å². The van der Waals surface area contributed by atoms with Crippen molar-refractivity contribution in [1.29, 1.82) is 0 Å². The Hall–Kier alpha value is -0.610. The second-order valence-corrected chi connectivity index (χ2v) is 7.35. The van der Waals surface area contributed by atoms with Crippen LogP contribution in [-0.2, 0) is 4.79 Å². The van der Waals surface area contributed by atoms with Crippen LogP contribution in [0.15, 0.2) is 0 Å². The van der Waals surface area contributed by atoms with Gasteiger partial charge in [0.15, 0.2) is 0 Å². The van der Waals surface area contributed by atoms with E-state index < -0.39 is 18.0 Å². The van der Waals surface area contributed by atoms with E-state index in [1.165, 1.54) is 0 Å². The van der Waals surface area contributed by atoms with Crippen LogP contribution in [0.4, 0.5) is 0 Å². The third-order valence-electron chi connectivity index (χ3n) is 5.93. The van der Waals surface area contributed by atoms with Crippen molar-refractivity contribution in [2.75, 3.05) is 0 Å². The molecule has 0 radical (unpaired) electrons. The molecule has 0 saturated heterocycles. The fourth-order valence-corrected chi connectivity index (χ4v) is 4.25. The van der Waals surface area contributed by atoms with Crippen LogP contribution in [0.3, 0.4) is 0 Å². The van der Waals surface area contributed by atoms with Gasteiger partial charge in [-0.25, -0.2) is 0 Å². The van der Waals surface area contributed by atoms with E-state index in [9.17, 15) is 20.1 Å². The Bertz CT molecular complexity index is 344. The van der Waals surface area contributed by atoms with Crippen LogP contribution < -0.4 is 0 Å². The van der Waals surface area contributed by atoms with Gasteiger partial charge in [0.05, 0.1) is 18.1 Å². The Morgan fingerprint density at radius 3 is 2.05 bits per heavy atom. The standard InChI is InChI=1S/C16H28O4/c1-16(2,10-3-6-12(17)7-4-10)11-5-8-14(18)13(9-11)15(19)20/h10-14,17-18H,3-9H2,1-2H3,(H,19,20). The first kappa shape index (κ1) is 15.8. The third-order valence-corrected chi connectivity index (χ3v) is 5.93. The molecule has 4 nitrogen and oxygen atoms in total. The maximum absolute atomic E-state index is 11.3. The van der Waals surface area contributed by atoms with Gasteiger partial charge < -0.3 is 15.3 Å². The molecule has 0 aromatic rings. The number of aliphatic hydroxyl groups is 2. The van der Waals surface area contributed by atoms with Crippen LogP contribution >= 0.6 is 0 Å². The summed E-state index contributed by atoms with van der Waals surface area (Å²) in [6, 6.07) is 0. The number of carbonyl (C=O) groups is 1. The molecule has 20 heavy (non-hydrogen) atoms. The predicted octanol–water partition coefficient (Wildman–Crippen LogP) is 2.43. The molecule has 0 aliphatic heterocycles. The molecule has 2 aliphatic rings. The van der Waals surface area contributed by atoms with Crippen LogP contribution in [0, 0.1) is 23.2 Å². The number of carboxylic acids is 1. The summed E-state index contributed by atoms with van der Waals surface area (Å²) in [7, 11) is 0. The second-order valence-electron chi connectivity index (χ2n) is 7.35. The number of hydrogen-bond donors (Lipinski definition) is 3. The van der Waals surface area contributed by atoms with Gasteiger partial charge in [-0.1, -0.05) is 13.8 Å². The molecule has 0 bridgehead atoms. The number of hydrogen-bond acceptors (Lipinski definition) is 3. The quantitative estimate of drug-likeness (QED) is 0.744. The molecule has 0 heterocycles. The van der Waals surface area contributed by atoms with E-state index >= 15 is 0 Å². The highest BCUT2D eigenvalue weighted by Crippen LogP contribution is 2.49. The minimum atomic E-state index is -0.864. The van der Waals surface area contributed by atoms with Crippen LogP contribution in [0.5, 0.6) is 0 Å². The highest BCUT2D eigenvalue weighted by Gasteiger charge is 2.44. The summed E-state index contributed by atoms with van der Waals surface area (Å²) in [4.78, 5) is 11.3. The monoisotopic (exact) mass is 284 g/mol. The SMILES string of the molecule is CC(C)(C1CCC(O)CC1)C1CCC(O)C(C(=O)O)C1. The van der Waals surface area contributed by atoms with Gasteiger partial charge in [0.1, 0.15) is 0 Å². The van der Waals surface area contributed by atoms with Crippen molar-refractivity contribution in [3.8, 4) is 0 Å².